The standard InChI is InChI=1S/C25H36N2O3/c1-4-6-7-8-9-10-12-21-13-15-22(16-14-21)25-26-17-23(18-27-25)29-19-20(3)30-24(28)11-5-2/h13-18,20H,4-12,19H2,1-3H3. The number of carbonyl (C=O) groups excluding carboxylic acids is 1. The van der Waals surface area contributed by atoms with Crippen molar-refractivity contribution in [3.8, 4) is 17.1 Å². The van der Waals surface area contributed by atoms with Gasteiger partial charge in [-0.3, -0.25) is 4.79 Å². The molecular formula is C25H36N2O3. The predicted octanol–water partition coefficient (Wildman–Crippen LogP) is 6.16. The van der Waals surface area contributed by atoms with Crippen LogP contribution in [0.3, 0.4) is 0 Å². The Labute approximate surface area is 181 Å². The van der Waals surface area contributed by atoms with E-state index in [-0.39, 0.29) is 18.7 Å². The number of carbonyl (C=O) groups is 1. The van der Waals surface area contributed by atoms with Crippen LogP contribution in [0.4, 0.5) is 0 Å². The molecule has 0 spiro atoms. The summed E-state index contributed by atoms with van der Waals surface area (Å²) >= 11 is 0. The highest BCUT2D eigenvalue weighted by Crippen LogP contribution is 2.19. The average molecular weight is 413 g/mol. The smallest absolute Gasteiger partial charge is 0.306 e. The van der Waals surface area contributed by atoms with Gasteiger partial charge in [0.2, 0.25) is 0 Å². The second-order valence-corrected chi connectivity index (χ2v) is 7.82. The van der Waals surface area contributed by atoms with Gasteiger partial charge in [-0.2, -0.15) is 0 Å². The normalized spacial score (nSPS) is 11.8. The van der Waals surface area contributed by atoms with Crippen LogP contribution in [0.15, 0.2) is 36.7 Å². The van der Waals surface area contributed by atoms with Gasteiger partial charge < -0.3 is 9.47 Å². The first kappa shape index (κ1) is 23.8. The Morgan fingerprint density at radius 3 is 2.27 bits per heavy atom. The van der Waals surface area contributed by atoms with Crippen LogP contribution in [-0.4, -0.2) is 28.6 Å². The van der Waals surface area contributed by atoms with Crippen LogP contribution in [0.25, 0.3) is 11.4 Å². The summed E-state index contributed by atoms with van der Waals surface area (Å²) in [5.74, 6) is 1.05. The number of benzene rings is 1. The monoisotopic (exact) mass is 412 g/mol. The van der Waals surface area contributed by atoms with Crippen molar-refractivity contribution >= 4 is 5.97 Å². The number of esters is 1. The molecule has 1 aromatic heterocycles. The third-order valence-corrected chi connectivity index (χ3v) is 4.93. The highest BCUT2D eigenvalue weighted by atomic mass is 16.6. The lowest BCUT2D eigenvalue weighted by molar-refractivity contribution is -0.149. The molecule has 5 nitrogen and oxygen atoms in total. The van der Waals surface area contributed by atoms with Crippen molar-refractivity contribution in [2.75, 3.05) is 6.61 Å². The predicted molar refractivity (Wildman–Crippen MR) is 121 cm³/mol. The van der Waals surface area contributed by atoms with Crippen LogP contribution in [0.1, 0.15) is 77.7 Å². The van der Waals surface area contributed by atoms with E-state index in [9.17, 15) is 4.79 Å². The summed E-state index contributed by atoms with van der Waals surface area (Å²) in [6.45, 7) is 6.30. The largest absolute Gasteiger partial charge is 0.486 e. The Bertz CT molecular complexity index is 729. The van der Waals surface area contributed by atoms with Crippen LogP contribution >= 0.6 is 0 Å². The van der Waals surface area contributed by atoms with Gasteiger partial charge >= 0.3 is 5.97 Å². The first-order chi connectivity index (χ1) is 14.6. The third-order valence-electron chi connectivity index (χ3n) is 4.93. The Morgan fingerprint density at radius 2 is 1.60 bits per heavy atom. The number of aryl methyl sites for hydroxylation is 1. The van der Waals surface area contributed by atoms with Gasteiger partial charge in [0.25, 0.3) is 0 Å². The molecule has 1 aromatic carbocycles. The minimum atomic E-state index is -0.303. The Balaban J connectivity index is 1.76. The lowest BCUT2D eigenvalue weighted by Gasteiger charge is -2.14. The lowest BCUT2D eigenvalue weighted by atomic mass is 10.0. The van der Waals surface area contributed by atoms with Gasteiger partial charge in [0.1, 0.15) is 12.7 Å². The zero-order valence-electron chi connectivity index (χ0n) is 18.7. The van der Waals surface area contributed by atoms with E-state index in [1.54, 1.807) is 12.4 Å². The zero-order chi connectivity index (χ0) is 21.6. The summed E-state index contributed by atoms with van der Waals surface area (Å²) in [7, 11) is 0. The molecule has 0 amide bonds. The van der Waals surface area contributed by atoms with Gasteiger partial charge in [0.15, 0.2) is 11.6 Å². The van der Waals surface area contributed by atoms with Crippen LogP contribution in [-0.2, 0) is 16.0 Å². The molecule has 0 aliphatic carbocycles. The second-order valence-electron chi connectivity index (χ2n) is 7.82. The molecule has 30 heavy (non-hydrogen) atoms. The molecule has 1 heterocycles. The van der Waals surface area contributed by atoms with E-state index >= 15 is 0 Å². The van der Waals surface area contributed by atoms with Crippen molar-refractivity contribution in [2.24, 2.45) is 0 Å². The fourth-order valence-corrected chi connectivity index (χ4v) is 3.20. The number of nitrogens with zero attached hydrogens (tertiary/aromatic N) is 2. The summed E-state index contributed by atoms with van der Waals surface area (Å²) in [5.41, 5.74) is 2.36. The molecule has 1 unspecified atom stereocenters. The third kappa shape index (κ3) is 8.93. The SMILES string of the molecule is CCCCCCCCc1ccc(-c2ncc(OCC(C)OC(=O)CCC)cn2)cc1. The quantitative estimate of drug-likeness (QED) is 0.275. The molecule has 2 aromatic rings. The maximum absolute atomic E-state index is 11.5. The highest BCUT2D eigenvalue weighted by Gasteiger charge is 2.10. The van der Waals surface area contributed by atoms with E-state index in [1.807, 2.05) is 13.8 Å². The molecule has 5 heteroatoms. The maximum atomic E-state index is 11.5. The fourth-order valence-electron chi connectivity index (χ4n) is 3.20. The lowest BCUT2D eigenvalue weighted by Crippen LogP contribution is -2.21. The van der Waals surface area contributed by atoms with Gasteiger partial charge in [-0.1, -0.05) is 70.2 Å². The van der Waals surface area contributed by atoms with E-state index in [4.69, 9.17) is 9.47 Å². The fraction of sp³-hybridized carbons (Fsp3) is 0.560. The van der Waals surface area contributed by atoms with Crippen molar-refractivity contribution in [1.82, 2.24) is 9.97 Å². The summed E-state index contributed by atoms with van der Waals surface area (Å²) in [6, 6.07) is 8.50. The molecule has 0 fully saturated rings. The molecule has 2 rings (SSSR count). The van der Waals surface area contributed by atoms with E-state index in [2.05, 4.69) is 41.2 Å². The minimum Gasteiger partial charge on any atom is -0.486 e. The average Bonchev–Trinajstić information content (AvgIpc) is 2.76. The number of hydrogen-bond donors (Lipinski definition) is 0. The van der Waals surface area contributed by atoms with Crippen molar-refractivity contribution in [1.29, 1.82) is 0 Å². The van der Waals surface area contributed by atoms with Gasteiger partial charge in [-0.05, 0) is 31.7 Å². The molecule has 0 bridgehead atoms. The van der Waals surface area contributed by atoms with Crippen LogP contribution in [0, 0.1) is 0 Å². The van der Waals surface area contributed by atoms with Gasteiger partial charge in [-0.15, -0.1) is 0 Å². The Morgan fingerprint density at radius 1 is 0.933 bits per heavy atom. The van der Waals surface area contributed by atoms with Crippen molar-refractivity contribution in [2.45, 2.75) is 84.7 Å². The van der Waals surface area contributed by atoms with E-state index < -0.39 is 0 Å². The van der Waals surface area contributed by atoms with Crippen molar-refractivity contribution in [3.05, 3.63) is 42.2 Å². The first-order valence-corrected chi connectivity index (χ1v) is 11.4. The van der Waals surface area contributed by atoms with E-state index in [0.29, 0.717) is 18.0 Å². The number of ether oxygens (including phenoxy) is 2. The van der Waals surface area contributed by atoms with Crippen molar-refractivity contribution in [3.63, 3.8) is 0 Å². The van der Waals surface area contributed by atoms with Crippen molar-refractivity contribution < 1.29 is 14.3 Å². The number of aromatic nitrogens is 2. The minimum absolute atomic E-state index is 0.194. The van der Waals surface area contributed by atoms with Gasteiger partial charge in [0, 0.05) is 12.0 Å². The maximum Gasteiger partial charge on any atom is 0.306 e. The summed E-state index contributed by atoms with van der Waals surface area (Å²) in [5, 5.41) is 0. The highest BCUT2D eigenvalue weighted by molar-refractivity contribution is 5.69. The van der Waals surface area contributed by atoms with E-state index in [1.165, 1.54) is 44.1 Å². The molecule has 164 valence electrons. The molecular weight excluding hydrogens is 376 g/mol. The van der Waals surface area contributed by atoms with Crippen LogP contribution < -0.4 is 4.74 Å². The molecule has 0 aliphatic rings. The topological polar surface area (TPSA) is 61.3 Å². The first-order valence-electron chi connectivity index (χ1n) is 11.4. The number of unbranched alkanes of at least 4 members (excludes halogenated alkanes) is 5. The summed E-state index contributed by atoms with van der Waals surface area (Å²) in [4.78, 5) is 20.3. The molecule has 0 saturated heterocycles. The van der Waals surface area contributed by atoms with Gasteiger partial charge in [-0.25, -0.2) is 9.97 Å². The summed E-state index contributed by atoms with van der Waals surface area (Å²) in [6.07, 6.45) is 13.3. The Hall–Kier alpha value is -2.43. The summed E-state index contributed by atoms with van der Waals surface area (Å²) < 4.78 is 10.9. The molecule has 0 N–H and O–H groups in total. The molecule has 0 radical (unpaired) electrons. The number of rotatable bonds is 14. The number of hydrogen-bond acceptors (Lipinski definition) is 5. The zero-order valence-corrected chi connectivity index (χ0v) is 18.7. The van der Waals surface area contributed by atoms with Gasteiger partial charge in [0.05, 0.1) is 12.4 Å². The second kappa shape index (κ2) is 13.7. The Kier molecular flexibility index (Phi) is 10.9. The van der Waals surface area contributed by atoms with Crippen LogP contribution in [0.5, 0.6) is 5.75 Å². The molecule has 0 aliphatic heterocycles. The molecule has 0 saturated carbocycles. The van der Waals surface area contributed by atoms with E-state index in [0.717, 1.165) is 18.4 Å². The molecule has 1 atom stereocenters. The van der Waals surface area contributed by atoms with Crippen LogP contribution in [0.2, 0.25) is 0 Å².